The van der Waals surface area contributed by atoms with E-state index in [1.165, 1.54) is 38.5 Å². The first-order chi connectivity index (χ1) is 6.30. The van der Waals surface area contributed by atoms with Gasteiger partial charge in [-0.25, -0.2) is 0 Å². The third kappa shape index (κ3) is 1.24. The van der Waals surface area contributed by atoms with E-state index in [4.69, 9.17) is 4.74 Å². The van der Waals surface area contributed by atoms with E-state index in [9.17, 15) is 0 Å². The molecule has 0 aromatic rings. The fourth-order valence-corrected chi connectivity index (χ4v) is 4.20. The third-order valence-corrected chi connectivity index (χ3v) is 4.17. The van der Waals surface area contributed by atoms with Crippen molar-refractivity contribution in [1.29, 1.82) is 0 Å². The Balaban J connectivity index is 1.83. The van der Waals surface area contributed by atoms with Crippen molar-refractivity contribution in [3.05, 3.63) is 5.92 Å². The highest BCUT2D eigenvalue weighted by Crippen LogP contribution is 2.57. The molecule has 1 nitrogen and oxygen atoms in total. The molecule has 13 heavy (non-hydrogen) atoms. The highest BCUT2D eigenvalue weighted by Gasteiger charge is 2.51. The fourth-order valence-electron chi connectivity index (χ4n) is 4.20. The number of hydrogen-bond donors (Lipinski definition) is 0. The molecular weight excluding hydrogens is 160 g/mol. The average Bonchev–Trinajstić information content (AvgIpc) is 2.00. The second-order valence-electron chi connectivity index (χ2n) is 5.33. The summed E-state index contributed by atoms with van der Waals surface area (Å²) >= 11 is 0. The first-order valence-electron chi connectivity index (χ1n) is 5.77. The second-order valence-corrected chi connectivity index (χ2v) is 5.33. The zero-order chi connectivity index (χ0) is 8.89. The first-order valence-corrected chi connectivity index (χ1v) is 5.77. The Morgan fingerprint density at radius 3 is 2.54 bits per heavy atom. The topological polar surface area (TPSA) is 9.23 Å². The van der Waals surface area contributed by atoms with Gasteiger partial charge in [-0.05, 0) is 63.2 Å². The van der Waals surface area contributed by atoms with Gasteiger partial charge in [0.05, 0.1) is 5.60 Å². The molecule has 0 amide bonds. The summed E-state index contributed by atoms with van der Waals surface area (Å²) in [6.45, 7) is 3.05. The Morgan fingerprint density at radius 2 is 2.00 bits per heavy atom. The fraction of sp³-hybridized carbons (Fsp3) is 0.917. The molecule has 0 spiro atoms. The normalized spacial score (nSPS) is 48.7. The van der Waals surface area contributed by atoms with E-state index >= 15 is 0 Å². The summed E-state index contributed by atoms with van der Waals surface area (Å²) in [6.07, 6.45) is 8.39. The molecule has 0 heterocycles. The van der Waals surface area contributed by atoms with Crippen LogP contribution >= 0.6 is 0 Å². The van der Waals surface area contributed by atoms with Crippen LogP contribution in [0.15, 0.2) is 0 Å². The molecule has 2 atom stereocenters. The van der Waals surface area contributed by atoms with Crippen LogP contribution in [0.4, 0.5) is 0 Å². The van der Waals surface area contributed by atoms with Crippen LogP contribution < -0.4 is 0 Å². The monoisotopic (exact) mass is 179 g/mol. The van der Waals surface area contributed by atoms with E-state index in [0.29, 0.717) is 5.60 Å². The summed E-state index contributed by atoms with van der Waals surface area (Å²) in [6, 6.07) is 0. The molecule has 1 radical (unpaired) electrons. The summed E-state index contributed by atoms with van der Waals surface area (Å²) in [5, 5.41) is 0. The molecule has 4 aliphatic rings. The van der Waals surface area contributed by atoms with Gasteiger partial charge in [0.15, 0.2) is 0 Å². The molecule has 0 saturated heterocycles. The lowest BCUT2D eigenvalue weighted by atomic mass is 9.54. The maximum atomic E-state index is 6.02. The molecule has 4 fully saturated rings. The molecule has 4 rings (SSSR count). The lowest BCUT2D eigenvalue weighted by molar-refractivity contribution is -0.129. The van der Waals surface area contributed by atoms with Crippen LogP contribution in [0.2, 0.25) is 0 Å². The van der Waals surface area contributed by atoms with Crippen molar-refractivity contribution >= 4 is 0 Å². The lowest BCUT2D eigenvalue weighted by Crippen LogP contribution is -2.51. The van der Waals surface area contributed by atoms with E-state index in [0.717, 1.165) is 18.4 Å². The molecule has 4 bridgehead atoms. The van der Waals surface area contributed by atoms with Crippen LogP contribution in [0.25, 0.3) is 0 Å². The van der Waals surface area contributed by atoms with Crippen molar-refractivity contribution in [3.8, 4) is 0 Å². The van der Waals surface area contributed by atoms with Crippen LogP contribution in [0.5, 0.6) is 0 Å². The minimum atomic E-state index is 0.314. The van der Waals surface area contributed by atoms with Crippen molar-refractivity contribution in [2.75, 3.05) is 6.61 Å². The van der Waals surface area contributed by atoms with E-state index in [2.05, 4.69) is 6.92 Å². The predicted octanol–water partition coefficient (Wildman–Crippen LogP) is 2.95. The van der Waals surface area contributed by atoms with E-state index in [1.807, 2.05) is 5.92 Å². The van der Waals surface area contributed by atoms with Gasteiger partial charge in [0, 0.05) is 6.61 Å². The Kier molecular flexibility index (Phi) is 1.74. The smallest absolute Gasteiger partial charge is 0.0693 e. The van der Waals surface area contributed by atoms with Gasteiger partial charge in [-0.1, -0.05) is 0 Å². The number of ether oxygens (including phenoxy) is 1. The maximum absolute atomic E-state index is 6.02. The van der Waals surface area contributed by atoms with Crippen LogP contribution in [0.3, 0.4) is 0 Å². The second kappa shape index (κ2) is 2.73. The zero-order valence-electron chi connectivity index (χ0n) is 8.51. The van der Waals surface area contributed by atoms with Crippen molar-refractivity contribution in [2.45, 2.75) is 51.0 Å². The van der Waals surface area contributed by atoms with Crippen LogP contribution in [-0.2, 0) is 4.74 Å². The molecule has 1 heteroatoms. The quantitative estimate of drug-likeness (QED) is 0.633. The molecule has 2 unspecified atom stereocenters. The van der Waals surface area contributed by atoms with Gasteiger partial charge in [-0.15, -0.1) is 0 Å². The molecule has 0 aromatic carbocycles. The van der Waals surface area contributed by atoms with Crippen molar-refractivity contribution < 1.29 is 4.74 Å². The number of rotatable bonds is 2. The van der Waals surface area contributed by atoms with Gasteiger partial charge in [-0.3, -0.25) is 0 Å². The molecule has 0 aromatic heterocycles. The van der Waals surface area contributed by atoms with E-state index < -0.39 is 0 Å². The van der Waals surface area contributed by atoms with Gasteiger partial charge in [0.1, 0.15) is 0 Å². The number of hydrogen-bond acceptors (Lipinski definition) is 1. The molecule has 0 N–H and O–H groups in total. The SMILES string of the molecule is CCOC12C[C]3CC(CC(C3)C1)C2. The Bertz CT molecular complexity index is 174. The average molecular weight is 179 g/mol. The summed E-state index contributed by atoms with van der Waals surface area (Å²) < 4.78 is 6.02. The van der Waals surface area contributed by atoms with Gasteiger partial charge in [0.25, 0.3) is 0 Å². The van der Waals surface area contributed by atoms with Crippen molar-refractivity contribution in [2.24, 2.45) is 11.8 Å². The van der Waals surface area contributed by atoms with Gasteiger partial charge in [0.2, 0.25) is 0 Å². The minimum absolute atomic E-state index is 0.314. The Morgan fingerprint density at radius 1 is 1.31 bits per heavy atom. The maximum Gasteiger partial charge on any atom is 0.0693 e. The van der Waals surface area contributed by atoms with Crippen LogP contribution in [0, 0.1) is 17.8 Å². The molecule has 0 aliphatic heterocycles. The Labute approximate surface area is 80.8 Å². The standard InChI is InChI=1S/C12H19O/c1-2-13-12-6-9-3-10(7-12)5-11(4-9)8-12/h9-10H,2-8H2,1H3. The van der Waals surface area contributed by atoms with Crippen molar-refractivity contribution in [1.82, 2.24) is 0 Å². The third-order valence-electron chi connectivity index (χ3n) is 4.17. The highest BCUT2D eigenvalue weighted by atomic mass is 16.5. The van der Waals surface area contributed by atoms with Gasteiger partial charge >= 0.3 is 0 Å². The predicted molar refractivity (Wildman–Crippen MR) is 52.3 cm³/mol. The summed E-state index contributed by atoms with van der Waals surface area (Å²) in [5.74, 6) is 3.80. The summed E-state index contributed by atoms with van der Waals surface area (Å²) in [5.41, 5.74) is 0.314. The summed E-state index contributed by atoms with van der Waals surface area (Å²) in [4.78, 5) is 0. The first kappa shape index (κ1) is 8.28. The largest absolute Gasteiger partial charge is 0.375 e. The van der Waals surface area contributed by atoms with Gasteiger partial charge in [-0.2, -0.15) is 0 Å². The van der Waals surface area contributed by atoms with E-state index in [-0.39, 0.29) is 0 Å². The molecule has 4 saturated carbocycles. The lowest BCUT2D eigenvalue weighted by Gasteiger charge is -2.56. The van der Waals surface area contributed by atoms with E-state index in [1.54, 1.807) is 0 Å². The minimum Gasteiger partial charge on any atom is -0.375 e. The van der Waals surface area contributed by atoms with Crippen LogP contribution in [-0.4, -0.2) is 12.2 Å². The summed E-state index contributed by atoms with van der Waals surface area (Å²) in [7, 11) is 0. The molecule has 73 valence electrons. The highest BCUT2D eigenvalue weighted by molar-refractivity contribution is 5.15. The van der Waals surface area contributed by atoms with Gasteiger partial charge < -0.3 is 4.74 Å². The van der Waals surface area contributed by atoms with Crippen LogP contribution in [0.1, 0.15) is 45.4 Å². The molecular formula is C12H19O. The molecule has 4 aliphatic carbocycles. The Hall–Kier alpha value is -0.0400. The van der Waals surface area contributed by atoms with Crippen molar-refractivity contribution in [3.63, 3.8) is 0 Å². The zero-order valence-corrected chi connectivity index (χ0v) is 8.51.